The van der Waals surface area contributed by atoms with E-state index in [0.29, 0.717) is 63.2 Å². The molecular formula is C33H42N6O6Si. The van der Waals surface area contributed by atoms with E-state index in [4.69, 9.17) is 14.2 Å². The first-order valence-electron chi connectivity index (χ1n) is 15.0. The van der Waals surface area contributed by atoms with Gasteiger partial charge in [-0.15, -0.1) is 10.4 Å². The monoisotopic (exact) mass is 646 g/mol. The smallest absolute Gasteiger partial charge is 0.427 e. The van der Waals surface area contributed by atoms with Gasteiger partial charge in [-0.2, -0.15) is 0 Å². The molecule has 12 nitrogen and oxygen atoms in total. The van der Waals surface area contributed by atoms with Gasteiger partial charge in [0, 0.05) is 24.9 Å². The van der Waals surface area contributed by atoms with Gasteiger partial charge < -0.3 is 29.8 Å². The van der Waals surface area contributed by atoms with Crippen LogP contribution >= 0.6 is 0 Å². The average molecular weight is 647 g/mol. The Bertz CT molecular complexity index is 1690. The van der Waals surface area contributed by atoms with Crippen LogP contribution in [0.5, 0.6) is 5.75 Å². The zero-order valence-corrected chi connectivity index (χ0v) is 29.1. The third kappa shape index (κ3) is 8.25. The van der Waals surface area contributed by atoms with Crippen molar-refractivity contribution in [2.24, 2.45) is 0 Å². The van der Waals surface area contributed by atoms with Gasteiger partial charge in [0.15, 0.2) is 5.75 Å². The van der Waals surface area contributed by atoms with E-state index in [1.165, 1.54) is 6.20 Å². The molecule has 0 saturated carbocycles. The van der Waals surface area contributed by atoms with Crippen molar-refractivity contribution >= 4 is 43.5 Å². The number of amides is 3. The second-order valence-electron chi connectivity index (χ2n) is 13.8. The maximum atomic E-state index is 13.3. The van der Waals surface area contributed by atoms with Crippen molar-refractivity contribution in [1.82, 2.24) is 20.3 Å². The van der Waals surface area contributed by atoms with E-state index in [0.717, 1.165) is 0 Å². The molecule has 3 N–H and O–H groups in total. The number of hydrogen-bond donors (Lipinski definition) is 3. The van der Waals surface area contributed by atoms with Gasteiger partial charge in [-0.05, 0) is 59.7 Å². The predicted octanol–water partition coefficient (Wildman–Crippen LogP) is 6.42. The van der Waals surface area contributed by atoms with E-state index in [-0.39, 0.29) is 11.9 Å². The van der Waals surface area contributed by atoms with Gasteiger partial charge in [-0.25, -0.2) is 19.6 Å². The summed E-state index contributed by atoms with van der Waals surface area (Å²) in [5.74, 6) is 3.26. The molecular weight excluding hydrogens is 604 g/mol. The lowest BCUT2D eigenvalue weighted by molar-refractivity contribution is 0.0427. The van der Waals surface area contributed by atoms with Gasteiger partial charge in [-0.1, -0.05) is 31.6 Å². The average Bonchev–Trinajstić information content (AvgIpc) is 3.29. The van der Waals surface area contributed by atoms with Crippen LogP contribution in [0.4, 0.5) is 26.9 Å². The lowest BCUT2D eigenvalue weighted by Gasteiger charge is -2.27. The summed E-state index contributed by atoms with van der Waals surface area (Å²) in [4.78, 5) is 52.6. The van der Waals surface area contributed by atoms with Crippen LogP contribution in [0.15, 0.2) is 30.5 Å². The summed E-state index contributed by atoms with van der Waals surface area (Å²) in [6, 6.07) is 7.19. The van der Waals surface area contributed by atoms with E-state index in [2.05, 4.69) is 56.7 Å². The van der Waals surface area contributed by atoms with Crippen molar-refractivity contribution in [3.05, 3.63) is 47.3 Å². The van der Waals surface area contributed by atoms with Crippen LogP contribution in [0.2, 0.25) is 19.6 Å². The number of imide groups is 1. The highest BCUT2D eigenvalue weighted by molar-refractivity contribution is 6.83. The quantitative estimate of drug-likeness (QED) is 0.211. The van der Waals surface area contributed by atoms with E-state index in [9.17, 15) is 14.4 Å². The number of benzene rings is 1. The highest BCUT2D eigenvalue weighted by atomic mass is 28.3. The molecule has 3 heterocycles. The fraction of sp³-hybridized carbons (Fsp3) is 0.424. The highest BCUT2D eigenvalue weighted by Crippen LogP contribution is 2.39. The summed E-state index contributed by atoms with van der Waals surface area (Å²) in [7, 11) is -0.107. The Morgan fingerprint density at radius 2 is 1.67 bits per heavy atom. The first-order valence-corrected chi connectivity index (χ1v) is 18.5. The minimum absolute atomic E-state index is 0.259. The molecule has 0 bridgehead atoms. The Morgan fingerprint density at radius 3 is 2.26 bits per heavy atom. The second-order valence-corrected chi connectivity index (χ2v) is 18.5. The summed E-state index contributed by atoms with van der Waals surface area (Å²) < 4.78 is 16.8. The number of hydrogen-bond acceptors (Lipinski definition) is 9. The van der Waals surface area contributed by atoms with E-state index < -0.39 is 31.5 Å². The van der Waals surface area contributed by atoms with Crippen LogP contribution in [0.3, 0.4) is 0 Å². The van der Waals surface area contributed by atoms with Crippen molar-refractivity contribution in [3.8, 4) is 28.6 Å². The number of carbonyl (C=O) groups excluding carboxylic acids is 3. The first-order chi connectivity index (χ1) is 21.4. The van der Waals surface area contributed by atoms with Gasteiger partial charge in [0.25, 0.3) is 5.91 Å². The Balaban J connectivity index is 1.86. The summed E-state index contributed by atoms with van der Waals surface area (Å²) in [6.07, 6.45) is -0.0307. The zero-order valence-electron chi connectivity index (χ0n) is 28.1. The maximum Gasteiger partial charge on any atom is 0.427 e. The number of anilines is 3. The molecule has 0 atom stereocenters. The molecule has 3 aromatic rings. The van der Waals surface area contributed by atoms with Gasteiger partial charge in [0.05, 0.1) is 41.0 Å². The van der Waals surface area contributed by atoms with Crippen LogP contribution < -0.4 is 20.3 Å². The van der Waals surface area contributed by atoms with Crippen molar-refractivity contribution in [3.63, 3.8) is 0 Å². The summed E-state index contributed by atoms with van der Waals surface area (Å²) in [6.45, 7) is 17.0. The van der Waals surface area contributed by atoms with E-state index >= 15 is 0 Å². The van der Waals surface area contributed by atoms with Crippen LogP contribution in [-0.4, -0.2) is 66.0 Å². The number of nitrogens with one attached hydrogen (secondary N) is 3. The fourth-order valence-electron chi connectivity index (χ4n) is 4.49. The molecule has 1 aliphatic rings. The van der Waals surface area contributed by atoms with Gasteiger partial charge in [0.2, 0.25) is 5.95 Å². The Labute approximate surface area is 270 Å². The molecule has 0 saturated heterocycles. The highest BCUT2D eigenvalue weighted by Gasteiger charge is 2.35. The molecule has 3 amide bonds. The van der Waals surface area contributed by atoms with Gasteiger partial charge >= 0.3 is 12.2 Å². The molecule has 0 unspecified atom stereocenters. The predicted molar refractivity (Wildman–Crippen MR) is 179 cm³/mol. The minimum atomic E-state index is -1.68. The lowest BCUT2D eigenvalue weighted by atomic mass is 10.1. The number of methoxy groups -OCH3 is 1. The van der Waals surface area contributed by atoms with E-state index in [1.807, 2.05) is 18.2 Å². The molecule has 0 spiro atoms. The molecule has 1 aromatic carbocycles. The third-order valence-electron chi connectivity index (χ3n) is 6.27. The van der Waals surface area contributed by atoms with Crippen LogP contribution in [-0.2, 0) is 15.9 Å². The number of rotatable bonds is 5. The summed E-state index contributed by atoms with van der Waals surface area (Å²) in [5.41, 5.74) is 5.14. The number of aromatic amines is 1. The topological polar surface area (TPSA) is 148 Å². The number of nitrogens with zero attached hydrogens (tertiary/aromatic N) is 3. The standard InChI is InChI=1S/C33H42N6O6Si/c1-32(2,3)44-30(41)39(31(42)45-33(4,5)6)29-35-18-15-22(38-29)25-26(24-21(36-25)14-17-34-28(24)40)37-23-13-11-12-20(27(23)43-7)16-19-46(8,9)10/h11-13,15,18,36-37H,14,17H2,1-10H3,(H,34,40). The van der Waals surface area contributed by atoms with Crippen molar-refractivity contribution in [2.75, 3.05) is 23.9 Å². The third-order valence-corrected chi connectivity index (χ3v) is 7.14. The SMILES string of the molecule is COc1c(C#C[Si](C)(C)C)cccc1Nc1c(-c2ccnc(N(C(=O)OC(C)(C)C)C(=O)OC(C)(C)C)n2)[nH]c2c1C(=O)NCC2. The number of aromatic nitrogens is 3. The van der Waals surface area contributed by atoms with E-state index in [1.54, 1.807) is 54.7 Å². The molecule has 4 rings (SSSR count). The number of carbonyl (C=O) groups is 3. The Hall–Kier alpha value is -4.83. The maximum absolute atomic E-state index is 13.3. The van der Waals surface area contributed by atoms with Crippen LogP contribution in [0.25, 0.3) is 11.4 Å². The van der Waals surface area contributed by atoms with Crippen molar-refractivity contribution in [2.45, 2.75) is 78.8 Å². The minimum Gasteiger partial charge on any atom is -0.493 e. The van der Waals surface area contributed by atoms with Crippen LogP contribution in [0.1, 0.15) is 63.2 Å². The molecule has 0 fully saturated rings. The van der Waals surface area contributed by atoms with Gasteiger partial charge in [-0.3, -0.25) is 4.79 Å². The van der Waals surface area contributed by atoms with Crippen molar-refractivity contribution < 1.29 is 28.6 Å². The summed E-state index contributed by atoms with van der Waals surface area (Å²) >= 11 is 0. The number of fused-ring (bicyclic) bond motifs is 1. The van der Waals surface area contributed by atoms with Crippen molar-refractivity contribution in [1.29, 1.82) is 0 Å². The largest absolute Gasteiger partial charge is 0.493 e. The molecule has 2 aromatic heterocycles. The summed E-state index contributed by atoms with van der Waals surface area (Å²) in [5, 5.41) is 6.29. The second kappa shape index (κ2) is 12.9. The first kappa shape index (κ1) is 34.0. The molecule has 0 radical (unpaired) electrons. The molecule has 13 heteroatoms. The zero-order chi connectivity index (χ0) is 34.0. The number of ether oxygens (including phenoxy) is 3. The normalized spacial score (nSPS) is 13.0. The van der Waals surface area contributed by atoms with Crippen LogP contribution in [0, 0.1) is 11.5 Å². The number of para-hydroxylation sites is 1. The molecule has 46 heavy (non-hydrogen) atoms. The molecule has 1 aliphatic heterocycles. The fourth-order valence-corrected chi connectivity index (χ4v) is 5.00. The Morgan fingerprint density at radius 1 is 1.02 bits per heavy atom. The number of H-pyrrole nitrogens is 1. The molecule has 244 valence electrons. The Kier molecular flexibility index (Phi) is 9.53. The molecule has 0 aliphatic carbocycles. The lowest BCUT2D eigenvalue weighted by Crippen LogP contribution is -2.44. The van der Waals surface area contributed by atoms with Gasteiger partial charge in [0.1, 0.15) is 19.3 Å².